The van der Waals surface area contributed by atoms with E-state index in [1.807, 2.05) is 18.4 Å². The molecule has 0 saturated heterocycles. The summed E-state index contributed by atoms with van der Waals surface area (Å²) in [6, 6.07) is 5.46. The number of anilines is 1. The van der Waals surface area contributed by atoms with Crippen molar-refractivity contribution in [3.8, 4) is 11.5 Å². The molecule has 2 N–H and O–H groups in total. The Labute approximate surface area is 135 Å². The lowest BCUT2D eigenvalue weighted by Gasteiger charge is -2.24. The van der Waals surface area contributed by atoms with Gasteiger partial charge in [-0.25, -0.2) is 4.98 Å². The molecule has 0 spiro atoms. The van der Waals surface area contributed by atoms with Gasteiger partial charge in [0.25, 0.3) is 5.56 Å². The largest absolute Gasteiger partial charge is 0.454 e. The maximum absolute atomic E-state index is 12.5. The van der Waals surface area contributed by atoms with Gasteiger partial charge in [0.2, 0.25) is 12.7 Å². The Hall–Kier alpha value is -2.48. The second-order valence-electron chi connectivity index (χ2n) is 5.26. The van der Waals surface area contributed by atoms with Crippen molar-refractivity contribution in [1.29, 1.82) is 0 Å². The van der Waals surface area contributed by atoms with Crippen LogP contribution in [0.4, 0.5) is 5.82 Å². The topological polar surface area (TPSA) is 93.3 Å². The first kappa shape index (κ1) is 14.1. The SMILES string of the molecule is CSc1nc2c(c(=O)[nH]1)[C@@H](c1ccc3c(c1)OCO3)CC(=O)N2. The van der Waals surface area contributed by atoms with Gasteiger partial charge < -0.3 is 19.8 Å². The van der Waals surface area contributed by atoms with Gasteiger partial charge in [0, 0.05) is 12.3 Å². The predicted molar refractivity (Wildman–Crippen MR) is 84.3 cm³/mol. The van der Waals surface area contributed by atoms with Crippen molar-refractivity contribution in [1.82, 2.24) is 9.97 Å². The maximum atomic E-state index is 12.5. The van der Waals surface area contributed by atoms with E-state index >= 15 is 0 Å². The first-order valence-electron chi connectivity index (χ1n) is 7.03. The molecule has 0 bridgehead atoms. The zero-order valence-electron chi connectivity index (χ0n) is 12.2. The van der Waals surface area contributed by atoms with Crippen LogP contribution in [0.2, 0.25) is 0 Å². The van der Waals surface area contributed by atoms with Crippen LogP contribution < -0.4 is 20.3 Å². The molecule has 2 aliphatic heterocycles. The van der Waals surface area contributed by atoms with Crippen molar-refractivity contribution in [2.24, 2.45) is 0 Å². The van der Waals surface area contributed by atoms with Gasteiger partial charge in [0.05, 0.1) is 5.56 Å². The number of rotatable bonds is 2. The molecular formula is C15H13N3O4S. The van der Waals surface area contributed by atoms with Crippen LogP contribution in [0, 0.1) is 0 Å². The second-order valence-corrected chi connectivity index (χ2v) is 6.05. The Kier molecular flexibility index (Phi) is 3.26. The Bertz CT molecular complexity index is 864. The first-order chi connectivity index (χ1) is 11.2. The van der Waals surface area contributed by atoms with Crippen LogP contribution in [0.3, 0.4) is 0 Å². The highest BCUT2D eigenvalue weighted by molar-refractivity contribution is 7.98. The quantitative estimate of drug-likeness (QED) is 0.642. The van der Waals surface area contributed by atoms with E-state index in [1.54, 1.807) is 6.07 Å². The van der Waals surface area contributed by atoms with Crippen molar-refractivity contribution in [3.63, 3.8) is 0 Å². The van der Waals surface area contributed by atoms with Crippen molar-refractivity contribution >= 4 is 23.5 Å². The van der Waals surface area contributed by atoms with Gasteiger partial charge >= 0.3 is 0 Å². The van der Waals surface area contributed by atoms with Gasteiger partial charge in [0.1, 0.15) is 5.82 Å². The molecule has 1 aromatic heterocycles. The number of H-pyrrole nitrogens is 1. The summed E-state index contributed by atoms with van der Waals surface area (Å²) in [7, 11) is 0. The minimum atomic E-state index is -0.361. The molecule has 7 nitrogen and oxygen atoms in total. The van der Waals surface area contributed by atoms with E-state index in [0.29, 0.717) is 28.0 Å². The summed E-state index contributed by atoms with van der Waals surface area (Å²) in [6.45, 7) is 0.180. The summed E-state index contributed by atoms with van der Waals surface area (Å²) < 4.78 is 10.7. The van der Waals surface area contributed by atoms with Gasteiger partial charge in [-0.2, -0.15) is 0 Å². The van der Waals surface area contributed by atoms with Crippen LogP contribution in [0.1, 0.15) is 23.5 Å². The highest BCUT2D eigenvalue weighted by Gasteiger charge is 2.31. The van der Waals surface area contributed by atoms with Gasteiger partial charge in [-0.15, -0.1) is 0 Å². The summed E-state index contributed by atoms with van der Waals surface area (Å²) in [5, 5.41) is 3.16. The molecule has 2 aliphatic rings. The number of ether oxygens (including phenoxy) is 2. The van der Waals surface area contributed by atoms with Gasteiger partial charge in [-0.05, 0) is 24.0 Å². The van der Waals surface area contributed by atoms with Crippen LogP contribution in [0.5, 0.6) is 11.5 Å². The molecule has 0 aliphatic carbocycles. The van der Waals surface area contributed by atoms with Gasteiger partial charge in [-0.3, -0.25) is 9.59 Å². The Morgan fingerprint density at radius 1 is 1.26 bits per heavy atom. The smallest absolute Gasteiger partial charge is 0.257 e. The summed E-state index contributed by atoms with van der Waals surface area (Å²) in [5.74, 6) is 1.10. The molecule has 1 amide bonds. The number of nitrogens with zero attached hydrogens (tertiary/aromatic N) is 1. The van der Waals surface area contributed by atoms with Crippen LogP contribution in [0.25, 0.3) is 0 Å². The van der Waals surface area contributed by atoms with Crippen molar-refractivity contribution in [2.45, 2.75) is 17.5 Å². The number of nitrogens with one attached hydrogen (secondary N) is 2. The molecule has 4 rings (SSSR count). The van der Waals surface area contributed by atoms with Crippen LogP contribution >= 0.6 is 11.8 Å². The number of benzene rings is 1. The highest BCUT2D eigenvalue weighted by atomic mass is 32.2. The lowest BCUT2D eigenvalue weighted by Crippen LogP contribution is -2.31. The lowest BCUT2D eigenvalue weighted by molar-refractivity contribution is -0.116. The average Bonchev–Trinajstić information content (AvgIpc) is 3.00. The zero-order valence-corrected chi connectivity index (χ0v) is 13.0. The number of hydrogen-bond acceptors (Lipinski definition) is 6. The van der Waals surface area contributed by atoms with E-state index in [-0.39, 0.29) is 30.6 Å². The Balaban J connectivity index is 1.85. The fourth-order valence-corrected chi connectivity index (χ4v) is 3.24. The summed E-state index contributed by atoms with van der Waals surface area (Å²) in [5.41, 5.74) is 1.07. The van der Waals surface area contributed by atoms with E-state index in [9.17, 15) is 9.59 Å². The predicted octanol–water partition coefficient (Wildman–Crippen LogP) is 1.69. The molecule has 0 unspecified atom stereocenters. The molecule has 0 saturated carbocycles. The number of amides is 1. The van der Waals surface area contributed by atoms with Gasteiger partial charge in [0.15, 0.2) is 16.7 Å². The first-order valence-corrected chi connectivity index (χ1v) is 8.26. The van der Waals surface area contributed by atoms with Crippen molar-refractivity contribution in [2.75, 3.05) is 18.4 Å². The molecule has 118 valence electrons. The standard InChI is InChI=1S/C15H13N3O4S/c1-23-15-17-13-12(14(20)18-15)8(5-11(19)16-13)7-2-3-9-10(4-7)22-6-21-9/h2-4,8H,5-6H2,1H3,(H2,16,17,18,19,20)/t8-/m1/s1. The molecule has 1 atom stereocenters. The zero-order chi connectivity index (χ0) is 16.0. The number of fused-ring (bicyclic) bond motifs is 2. The molecule has 8 heteroatoms. The van der Waals surface area contributed by atoms with E-state index in [1.165, 1.54) is 11.8 Å². The summed E-state index contributed by atoms with van der Waals surface area (Å²) >= 11 is 1.32. The van der Waals surface area contributed by atoms with E-state index < -0.39 is 0 Å². The maximum Gasteiger partial charge on any atom is 0.257 e. The van der Waals surface area contributed by atoms with Crippen molar-refractivity contribution in [3.05, 3.63) is 39.7 Å². The normalized spacial score (nSPS) is 18.5. The van der Waals surface area contributed by atoms with Gasteiger partial charge in [-0.1, -0.05) is 17.8 Å². The Morgan fingerprint density at radius 3 is 2.91 bits per heavy atom. The summed E-state index contributed by atoms with van der Waals surface area (Å²) in [4.78, 5) is 31.5. The van der Waals surface area contributed by atoms with E-state index in [4.69, 9.17) is 9.47 Å². The van der Waals surface area contributed by atoms with E-state index in [2.05, 4.69) is 15.3 Å². The van der Waals surface area contributed by atoms with Crippen LogP contribution in [-0.2, 0) is 4.79 Å². The fraction of sp³-hybridized carbons (Fsp3) is 0.267. The molecular weight excluding hydrogens is 318 g/mol. The summed E-state index contributed by atoms with van der Waals surface area (Å²) in [6.07, 6.45) is 2.00. The number of hydrogen-bond donors (Lipinski definition) is 2. The lowest BCUT2D eigenvalue weighted by atomic mass is 9.86. The minimum Gasteiger partial charge on any atom is -0.454 e. The third kappa shape index (κ3) is 2.35. The Morgan fingerprint density at radius 2 is 2.09 bits per heavy atom. The molecule has 2 aromatic rings. The highest BCUT2D eigenvalue weighted by Crippen LogP contribution is 2.39. The van der Waals surface area contributed by atoms with Crippen LogP contribution in [-0.4, -0.2) is 28.9 Å². The molecule has 0 fully saturated rings. The fourth-order valence-electron chi connectivity index (χ4n) is 2.86. The molecule has 1 aromatic carbocycles. The number of carbonyl (C=O) groups is 1. The average molecular weight is 331 g/mol. The molecule has 3 heterocycles. The number of aromatic nitrogens is 2. The monoisotopic (exact) mass is 331 g/mol. The number of thioether (sulfide) groups is 1. The molecule has 0 radical (unpaired) electrons. The second kappa shape index (κ2) is 5.31. The van der Waals surface area contributed by atoms with Crippen LogP contribution in [0.15, 0.2) is 28.2 Å². The van der Waals surface area contributed by atoms with Crippen molar-refractivity contribution < 1.29 is 14.3 Å². The van der Waals surface area contributed by atoms with E-state index in [0.717, 1.165) is 5.56 Å². The number of carbonyl (C=O) groups excluding carboxylic acids is 1. The number of aromatic amines is 1. The third-order valence-electron chi connectivity index (χ3n) is 3.92. The minimum absolute atomic E-state index is 0.162. The molecule has 23 heavy (non-hydrogen) atoms. The third-order valence-corrected chi connectivity index (χ3v) is 4.50.